The summed E-state index contributed by atoms with van der Waals surface area (Å²) in [5.74, 6) is 2.89. The average molecular weight is 331 g/mol. The van der Waals surface area contributed by atoms with Gasteiger partial charge in [-0.25, -0.2) is 4.68 Å². The predicted molar refractivity (Wildman–Crippen MR) is 92.7 cm³/mol. The first-order valence-electron chi connectivity index (χ1n) is 7.77. The number of methoxy groups -OCH3 is 1. The van der Waals surface area contributed by atoms with Crippen LogP contribution in [-0.4, -0.2) is 40.3 Å². The molecule has 0 unspecified atom stereocenters. The molecule has 0 aliphatic carbocycles. The van der Waals surface area contributed by atoms with Crippen LogP contribution in [0.25, 0.3) is 5.69 Å². The van der Waals surface area contributed by atoms with E-state index < -0.39 is 0 Å². The van der Waals surface area contributed by atoms with Crippen molar-refractivity contribution in [1.82, 2.24) is 15.1 Å². The minimum Gasteiger partial charge on any atom is -0.497 e. The molecule has 6 heteroatoms. The van der Waals surface area contributed by atoms with Crippen LogP contribution in [0.15, 0.2) is 30.3 Å². The van der Waals surface area contributed by atoms with Gasteiger partial charge < -0.3 is 10.1 Å². The minimum absolute atomic E-state index is 0.0899. The third kappa shape index (κ3) is 3.69. The molecule has 0 bridgehead atoms. The molecule has 5 nitrogen and oxygen atoms in total. The Bertz CT molecular complexity index is 676. The number of hydrogen-bond donors (Lipinski definition) is 1. The average Bonchev–Trinajstić information content (AvgIpc) is 2.98. The largest absolute Gasteiger partial charge is 0.497 e. The highest BCUT2D eigenvalue weighted by Gasteiger charge is 2.19. The summed E-state index contributed by atoms with van der Waals surface area (Å²) in [4.78, 5) is 12.4. The van der Waals surface area contributed by atoms with Crippen LogP contribution in [0, 0.1) is 6.92 Å². The van der Waals surface area contributed by atoms with Crippen molar-refractivity contribution in [2.45, 2.75) is 25.8 Å². The highest BCUT2D eigenvalue weighted by molar-refractivity contribution is 7.99. The number of aromatic nitrogens is 2. The highest BCUT2D eigenvalue weighted by atomic mass is 32.2. The van der Waals surface area contributed by atoms with Gasteiger partial charge in [-0.15, -0.1) is 0 Å². The van der Waals surface area contributed by atoms with Crippen molar-refractivity contribution in [1.29, 1.82) is 0 Å². The molecule has 1 amide bonds. The van der Waals surface area contributed by atoms with Gasteiger partial charge in [0.25, 0.3) is 5.91 Å². The van der Waals surface area contributed by atoms with Gasteiger partial charge in [0.05, 0.1) is 12.8 Å². The molecule has 1 atom stereocenters. The summed E-state index contributed by atoms with van der Waals surface area (Å²) < 4.78 is 6.95. The third-order valence-electron chi connectivity index (χ3n) is 3.93. The normalized spacial score (nSPS) is 17.7. The van der Waals surface area contributed by atoms with Crippen LogP contribution >= 0.6 is 11.8 Å². The number of rotatable bonds is 4. The molecule has 1 N–H and O–H groups in total. The molecule has 1 aliphatic heterocycles. The Morgan fingerprint density at radius 1 is 1.39 bits per heavy atom. The summed E-state index contributed by atoms with van der Waals surface area (Å²) in [5, 5.41) is 7.55. The van der Waals surface area contributed by atoms with E-state index in [1.807, 2.05) is 49.0 Å². The van der Waals surface area contributed by atoms with E-state index in [0.717, 1.165) is 35.7 Å². The molecule has 0 spiro atoms. The van der Waals surface area contributed by atoms with Gasteiger partial charge in [0, 0.05) is 17.5 Å². The van der Waals surface area contributed by atoms with Gasteiger partial charge in [-0.05, 0) is 55.9 Å². The molecule has 3 rings (SSSR count). The molecule has 1 aromatic heterocycles. The number of nitrogens with zero attached hydrogens (tertiary/aromatic N) is 2. The molecule has 2 heterocycles. The first kappa shape index (κ1) is 15.9. The van der Waals surface area contributed by atoms with Crippen molar-refractivity contribution in [3.8, 4) is 11.4 Å². The summed E-state index contributed by atoms with van der Waals surface area (Å²) >= 11 is 1.90. The lowest BCUT2D eigenvalue weighted by Crippen LogP contribution is -2.38. The second-order valence-corrected chi connectivity index (χ2v) is 6.82. The minimum atomic E-state index is -0.0899. The lowest BCUT2D eigenvalue weighted by Gasteiger charge is -2.21. The first-order valence-corrected chi connectivity index (χ1v) is 8.92. The van der Waals surface area contributed by atoms with Gasteiger partial charge in [-0.2, -0.15) is 16.9 Å². The number of thioether (sulfide) groups is 1. The quantitative estimate of drug-likeness (QED) is 0.936. The predicted octanol–water partition coefficient (Wildman–Crippen LogP) is 2.81. The molecule has 1 aliphatic rings. The molecule has 0 saturated carbocycles. The van der Waals surface area contributed by atoms with Crippen LogP contribution in [0.1, 0.15) is 29.0 Å². The Balaban J connectivity index is 1.75. The van der Waals surface area contributed by atoms with Gasteiger partial charge in [-0.3, -0.25) is 4.79 Å². The Labute approximate surface area is 140 Å². The zero-order valence-corrected chi connectivity index (χ0v) is 14.2. The molecule has 122 valence electrons. The van der Waals surface area contributed by atoms with Crippen molar-refractivity contribution < 1.29 is 9.53 Å². The fraction of sp³-hybridized carbons (Fsp3) is 0.412. The van der Waals surface area contributed by atoms with Gasteiger partial charge in [-0.1, -0.05) is 0 Å². The van der Waals surface area contributed by atoms with Crippen LogP contribution < -0.4 is 10.1 Å². The van der Waals surface area contributed by atoms with Crippen molar-refractivity contribution in [3.63, 3.8) is 0 Å². The number of benzene rings is 1. The fourth-order valence-corrected chi connectivity index (χ4v) is 3.76. The van der Waals surface area contributed by atoms with Crippen molar-refractivity contribution in [2.24, 2.45) is 0 Å². The molecule has 1 fully saturated rings. The summed E-state index contributed by atoms with van der Waals surface area (Å²) in [6.07, 6.45) is 2.21. The van der Waals surface area contributed by atoms with Gasteiger partial charge >= 0.3 is 0 Å². The Kier molecular flexibility index (Phi) is 4.91. The second-order valence-electron chi connectivity index (χ2n) is 5.67. The van der Waals surface area contributed by atoms with E-state index in [0.29, 0.717) is 5.69 Å². The smallest absolute Gasteiger partial charge is 0.272 e. The number of ether oxygens (including phenoxy) is 1. The van der Waals surface area contributed by atoms with E-state index in [2.05, 4.69) is 10.4 Å². The van der Waals surface area contributed by atoms with E-state index in [1.165, 1.54) is 5.75 Å². The van der Waals surface area contributed by atoms with Crippen molar-refractivity contribution in [2.75, 3.05) is 18.6 Å². The molecular formula is C17H21N3O2S. The summed E-state index contributed by atoms with van der Waals surface area (Å²) in [6.45, 7) is 1.95. The number of carbonyl (C=O) groups is 1. The van der Waals surface area contributed by atoms with Crippen molar-refractivity contribution >= 4 is 17.7 Å². The molecule has 2 aromatic rings. The number of nitrogens with one attached hydrogen (secondary N) is 1. The maximum atomic E-state index is 12.4. The van der Waals surface area contributed by atoms with E-state index in [1.54, 1.807) is 11.8 Å². The van der Waals surface area contributed by atoms with Gasteiger partial charge in [0.1, 0.15) is 5.75 Å². The van der Waals surface area contributed by atoms with Crippen LogP contribution in [0.3, 0.4) is 0 Å². The van der Waals surface area contributed by atoms with Crippen LogP contribution in [0.4, 0.5) is 0 Å². The van der Waals surface area contributed by atoms with Crippen LogP contribution in [0.5, 0.6) is 5.75 Å². The summed E-state index contributed by atoms with van der Waals surface area (Å²) in [5.41, 5.74) is 2.31. The van der Waals surface area contributed by atoms with E-state index in [9.17, 15) is 4.79 Å². The third-order valence-corrected chi connectivity index (χ3v) is 5.15. The SMILES string of the molecule is COc1ccc(-n2nc(C(=O)N[C@H]3CCCSC3)cc2C)cc1. The summed E-state index contributed by atoms with van der Waals surface area (Å²) in [7, 11) is 1.64. The molecular weight excluding hydrogens is 310 g/mol. The lowest BCUT2D eigenvalue weighted by molar-refractivity contribution is 0.0933. The topological polar surface area (TPSA) is 56.2 Å². The second kappa shape index (κ2) is 7.08. The number of amides is 1. The molecule has 23 heavy (non-hydrogen) atoms. The zero-order chi connectivity index (χ0) is 16.2. The van der Waals surface area contributed by atoms with E-state index in [-0.39, 0.29) is 11.9 Å². The first-order chi connectivity index (χ1) is 11.2. The Morgan fingerprint density at radius 2 is 2.17 bits per heavy atom. The van der Waals surface area contributed by atoms with Crippen LogP contribution in [-0.2, 0) is 0 Å². The van der Waals surface area contributed by atoms with Gasteiger partial charge in [0.2, 0.25) is 0 Å². The molecule has 1 saturated heterocycles. The Hall–Kier alpha value is -1.95. The van der Waals surface area contributed by atoms with E-state index >= 15 is 0 Å². The summed E-state index contributed by atoms with van der Waals surface area (Å²) in [6, 6.07) is 9.71. The fourth-order valence-electron chi connectivity index (χ4n) is 2.68. The lowest BCUT2D eigenvalue weighted by atomic mass is 10.2. The monoisotopic (exact) mass is 331 g/mol. The maximum Gasteiger partial charge on any atom is 0.272 e. The zero-order valence-electron chi connectivity index (χ0n) is 13.4. The molecule has 1 aromatic carbocycles. The highest BCUT2D eigenvalue weighted by Crippen LogP contribution is 2.19. The van der Waals surface area contributed by atoms with Crippen molar-refractivity contribution in [3.05, 3.63) is 41.7 Å². The van der Waals surface area contributed by atoms with Gasteiger partial charge in [0.15, 0.2) is 5.69 Å². The van der Waals surface area contributed by atoms with E-state index in [4.69, 9.17) is 4.74 Å². The number of aryl methyl sites for hydroxylation is 1. The maximum absolute atomic E-state index is 12.4. The number of carbonyl (C=O) groups excluding carboxylic acids is 1. The molecule has 0 radical (unpaired) electrons. The van der Waals surface area contributed by atoms with Crippen LogP contribution in [0.2, 0.25) is 0 Å². The number of hydrogen-bond acceptors (Lipinski definition) is 4. The standard InChI is InChI=1S/C17H21N3O2S/c1-12-10-16(17(21)18-13-4-3-9-23-11-13)19-20(12)14-5-7-15(22-2)8-6-14/h5-8,10,13H,3-4,9,11H2,1-2H3,(H,18,21)/t13-/m0/s1. The Morgan fingerprint density at radius 3 is 2.83 bits per heavy atom.